The van der Waals surface area contributed by atoms with E-state index >= 15 is 0 Å². The number of fused-ring (bicyclic) bond motifs is 1. The van der Waals surface area contributed by atoms with Crippen LogP contribution in [0.3, 0.4) is 0 Å². The van der Waals surface area contributed by atoms with E-state index in [-0.39, 0.29) is 21.9 Å². The molecular formula is C19H13FN4OS. The molecular weight excluding hydrogens is 351 g/mol. The number of aromatic nitrogens is 3. The molecule has 0 bridgehead atoms. The lowest BCUT2D eigenvalue weighted by molar-refractivity contribution is 0.475. The van der Waals surface area contributed by atoms with Crippen molar-refractivity contribution >= 4 is 29.2 Å². The number of aromatic amines is 1. The van der Waals surface area contributed by atoms with Crippen LogP contribution in [0.15, 0.2) is 65.8 Å². The van der Waals surface area contributed by atoms with Crippen LogP contribution in [0.25, 0.3) is 22.2 Å². The number of nitrogens with zero attached hydrogens (tertiary/aromatic N) is 3. The maximum absolute atomic E-state index is 14.1. The first-order chi connectivity index (χ1) is 12.6. The van der Waals surface area contributed by atoms with Crippen LogP contribution in [0.4, 0.5) is 4.39 Å². The molecule has 3 aromatic carbocycles. The molecule has 0 amide bonds. The van der Waals surface area contributed by atoms with Crippen molar-refractivity contribution in [2.75, 3.05) is 0 Å². The van der Waals surface area contributed by atoms with Crippen LogP contribution < -0.4 is 0 Å². The Hall–Kier alpha value is -3.32. The second-order valence-electron chi connectivity index (χ2n) is 5.61. The summed E-state index contributed by atoms with van der Waals surface area (Å²) in [5.74, 6) is -0.0788. The minimum Gasteiger partial charge on any atom is -0.507 e. The molecule has 1 heterocycles. The first-order valence-corrected chi connectivity index (χ1v) is 8.23. The minimum atomic E-state index is -0.425. The zero-order valence-electron chi connectivity index (χ0n) is 13.4. The van der Waals surface area contributed by atoms with Gasteiger partial charge in [0.15, 0.2) is 5.82 Å². The Morgan fingerprint density at radius 1 is 1.08 bits per heavy atom. The molecule has 4 rings (SSSR count). The third kappa shape index (κ3) is 2.78. The van der Waals surface area contributed by atoms with Crippen LogP contribution >= 0.6 is 12.2 Å². The maximum atomic E-state index is 14.1. The van der Waals surface area contributed by atoms with E-state index in [0.29, 0.717) is 5.56 Å². The molecule has 5 nitrogen and oxygen atoms in total. The first kappa shape index (κ1) is 16.2. The quantitative estimate of drug-likeness (QED) is 0.416. The van der Waals surface area contributed by atoms with Gasteiger partial charge in [-0.25, -0.2) is 9.49 Å². The van der Waals surface area contributed by atoms with Crippen molar-refractivity contribution in [1.82, 2.24) is 14.9 Å². The molecule has 0 radical (unpaired) electrons. The number of benzene rings is 3. The van der Waals surface area contributed by atoms with E-state index in [9.17, 15) is 9.50 Å². The van der Waals surface area contributed by atoms with Crippen LogP contribution in [0.2, 0.25) is 0 Å². The van der Waals surface area contributed by atoms with Crippen molar-refractivity contribution in [3.8, 4) is 17.1 Å². The molecule has 7 heteroatoms. The highest BCUT2D eigenvalue weighted by molar-refractivity contribution is 7.71. The summed E-state index contributed by atoms with van der Waals surface area (Å²) in [6.45, 7) is 0. The fraction of sp³-hybridized carbons (Fsp3) is 0. The highest BCUT2D eigenvalue weighted by Gasteiger charge is 2.12. The van der Waals surface area contributed by atoms with Gasteiger partial charge in [-0.2, -0.15) is 14.9 Å². The van der Waals surface area contributed by atoms with Crippen molar-refractivity contribution in [3.05, 3.63) is 76.8 Å². The minimum absolute atomic E-state index is 0.0925. The molecule has 128 valence electrons. The first-order valence-electron chi connectivity index (χ1n) is 7.82. The zero-order valence-corrected chi connectivity index (χ0v) is 14.2. The van der Waals surface area contributed by atoms with Crippen LogP contribution in [0.5, 0.6) is 5.75 Å². The maximum Gasteiger partial charge on any atom is 0.216 e. The van der Waals surface area contributed by atoms with Crippen molar-refractivity contribution in [3.63, 3.8) is 0 Å². The molecule has 2 N–H and O–H groups in total. The molecule has 0 unspecified atom stereocenters. The second kappa shape index (κ2) is 6.53. The summed E-state index contributed by atoms with van der Waals surface area (Å²) in [7, 11) is 0. The lowest BCUT2D eigenvalue weighted by Gasteiger charge is -2.05. The predicted octanol–water partition coefficient (Wildman–Crippen LogP) is 4.49. The van der Waals surface area contributed by atoms with Crippen molar-refractivity contribution < 1.29 is 9.50 Å². The molecule has 0 aliphatic carbocycles. The van der Waals surface area contributed by atoms with Gasteiger partial charge in [0.2, 0.25) is 4.77 Å². The van der Waals surface area contributed by atoms with Crippen LogP contribution in [0.1, 0.15) is 5.56 Å². The number of nitrogens with one attached hydrogen (secondary N) is 1. The largest absolute Gasteiger partial charge is 0.507 e. The smallest absolute Gasteiger partial charge is 0.216 e. The van der Waals surface area contributed by atoms with Crippen LogP contribution in [0, 0.1) is 10.6 Å². The summed E-state index contributed by atoms with van der Waals surface area (Å²) < 4.78 is 15.7. The van der Waals surface area contributed by atoms with Gasteiger partial charge >= 0.3 is 0 Å². The molecule has 1 aromatic heterocycles. The summed E-state index contributed by atoms with van der Waals surface area (Å²) in [5.41, 5.74) is 0.824. The number of halogens is 1. The lowest BCUT2D eigenvalue weighted by Crippen LogP contribution is -1.97. The zero-order chi connectivity index (χ0) is 18.1. The molecule has 0 aliphatic heterocycles. The number of hydrogen-bond donors (Lipinski definition) is 2. The summed E-state index contributed by atoms with van der Waals surface area (Å²) >= 11 is 5.21. The molecule has 0 fully saturated rings. The van der Waals surface area contributed by atoms with Crippen LogP contribution in [-0.4, -0.2) is 26.2 Å². The van der Waals surface area contributed by atoms with Crippen molar-refractivity contribution in [2.45, 2.75) is 0 Å². The van der Waals surface area contributed by atoms with Gasteiger partial charge in [-0.3, -0.25) is 0 Å². The van der Waals surface area contributed by atoms with E-state index in [1.54, 1.807) is 24.3 Å². The highest BCUT2D eigenvalue weighted by atomic mass is 32.1. The Balaban J connectivity index is 1.85. The molecule has 0 aliphatic rings. The number of hydrogen-bond acceptors (Lipinski definition) is 4. The van der Waals surface area contributed by atoms with E-state index in [2.05, 4.69) is 15.3 Å². The van der Waals surface area contributed by atoms with Gasteiger partial charge in [-0.15, -0.1) is 0 Å². The standard InChI is InChI=1S/C19H13FN4OS/c20-16-8-4-3-7-14(16)18-22-23-19(26)24(18)21-11-15-13-6-2-1-5-12(13)9-10-17(15)25/h1-11,25H,(H,23,26). The fourth-order valence-corrected chi connectivity index (χ4v) is 2.93. The monoisotopic (exact) mass is 364 g/mol. The highest BCUT2D eigenvalue weighted by Crippen LogP contribution is 2.26. The topological polar surface area (TPSA) is 66.2 Å². The number of phenols is 1. The van der Waals surface area contributed by atoms with Gasteiger partial charge < -0.3 is 5.11 Å². The van der Waals surface area contributed by atoms with E-state index in [1.807, 2.05) is 30.3 Å². The summed E-state index contributed by atoms with van der Waals surface area (Å²) in [6, 6.07) is 17.3. The van der Waals surface area contributed by atoms with E-state index in [1.165, 1.54) is 17.0 Å². The predicted molar refractivity (Wildman–Crippen MR) is 101 cm³/mol. The SMILES string of the molecule is Oc1ccc2ccccc2c1C=Nn1c(-c2ccccc2F)n[nH]c1=S. The normalized spacial score (nSPS) is 11.4. The molecule has 26 heavy (non-hydrogen) atoms. The number of H-pyrrole nitrogens is 1. The number of aromatic hydroxyl groups is 1. The third-order valence-corrected chi connectivity index (χ3v) is 4.28. The van der Waals surface area contributed by atoms with E-state index in [0.717, 1.165) is 10.8 Å². The lowest BCUT2D eigenvalue weighted by atomic mass is 10.0. The summed E-state index contributed by atoms with van der Waals surface area (Å²) in [5, 5.41) is 23.1. The van der Waals surface area contributed by atoms with Crippen molar-refractivity contribution in [1.29, 1.82) is 0 Å². The molecule has 0 saturated heterocycles. The van der Waals surface area contributed by atoms with Gasteiger partial charge in [-0.05, 0) is 41.2 Å². The van der Waals surface area contributed by atoms with Gasteiger partial charge in [0.05, 0.1) is 11.8 Å². The number of rotatable bonds is 3. The Morgan fingerprint density at radius 2 is 1.85 bits per heavy atom. The Morgan fingerprint density at radius 3 is 2.69 bits per heavy atom. The Kier molecular flexibility index (Phi) is 4.06. The van der Waals surface area contributed by atoms with Gasteiger partial charge in [0.25, 0.3) is 0 Å². The number of phenolic OH excluding ortho intramolecular Hbond substituents is 1. The molecule has 0 spiro atoms. The van der Waals surface area contributed by atoms with E-state index in [4.69, 9.17) is 12.2 Å². The summed E-state index contributed by atoms with van der Waals surface area (Å²) in [6.07, 6.45) is 1.49. The van der Waals surface area contributed by atoms with Gasteiger partial charge in [0, 0.05) is 5.56 Å². The Labute approximate surface area is 153 Å². The van der Waals surface area contributed by atoms with Crippen LogP contribution in [-0.2, 0) is 0 Å². The summed E-state index contributed by atoms with van der Waals surface area (Å²) in [4.78, 5) is 0. The average Bonchev–Trinajstić information content (AvgIpc) is 3.02. The van der Waals surface area contributed by atoms with Crippen molar-refractivity contribution in [2.24, 2.45) is 5.10 Å². The molecule has 0 atom stereocenters. The average molecular weight is 364 g/mol. The second-order valence-corrected chi connectivity index (χ2v) is 5.99. The molecule has 4 aromatic rings. The third-order valence-electron chi connectivity index (χ3n) is 4.02. The van der Waals surface area contributed by atoms with Gasteiger partial charge in [-0.1, -0.05) is 42.5 Å². The van der Waals surface area contributed by atoms with Gasteiger partial charge in [0.1, 0.15) is 11.6 Å². The fourth-order valence-electron chi connectivity index (χ4n) is 2.75. The Bertz CT molecular complexity index is 1200. The van der Waals surface area contributed by atoms with E-state index < -0.39 is 5.82 Å². The molecule has 0 saturated carbocycles.